The average molecular weight is 423 g/mol. The zero-order chi connectivity index (χ0) is 21.5. The normalized spacial score (nSPS) is 21.4. The molecule has 0 spiro atoms. The molecule has 1 amide bonds. The second kappa shape index (κ2) is 10.4. The minimum absolute atomic E-state index is 0.0969. The molecule has 0 aromatic heterocycles. The first-order chi connectivity index (χ1) is 14.5. The zero-order valence-corrected chi connectivity index (χ0v) is 17.0. The fourth-order valence-corrected chi connectivity index (χ4v) is 4.34. The summed E-state index contributed by atoms with van der Waals surface area (Å²) in [5, 5.41) is 0. The fourth-order valence-electron chi connectivity index (χ4n) is 4.34. The Morgan fingerprint density at radius 3 is 2.70 bits per heavy atom. The van der Waals surface area contributed by atoms with E-state index in [9.17, 15) is 18.4 Å². The van der Waals surface area contributed by atoms with E-state index in [1.165, 1.54) is 56.7 Å². The minimum Gasteiger partial charge on any atom is -0.493 e. The van der Waals surface area contributed by atoms with E-state index in [-0.39, 0.29) is 30.1 Å². The number of alkyl halides is 2. The van der Waals surface area contributed by atoms with Gasteiger partial charge in [0.1, 0.15) is 0 Å². The molecule has 1 aliphatic carbocycles. The number of halogens is 2. The number of carbonyl (C=O) groups excluding carboxylic acids is 2. The summed E-state index contributed by atoms with van der Waals surface area (Å²) in [5.41, 5.74) is 0.540. The smallest absolute Gasteiger partial charge is 0.387 e. The Balaban J connectivity index is 1.52. The van der Waals surface area contributed by atoms with Gasteiger partial charge in [-0.1, -0.05) is 18.9 Å². The highest BCUT2D eigenvalue weighted by Gasteiger charge is 2.35. The lowest BCUT2D eigenvalue weighted by Gasteiger charge is -2.44. The van der Waals surface area contributed by atoms with Crippen molar-refractivity contribution in [1.82, 2.24) is 4.90 Å². The van der Waals surface area contributed by atoms with Gasteiger partial charge in [0.25, 0.3) is 5.91 Å². The molecule has 1 aromatic rings. The Hall–Kier alpha value is -2.64. The summed E-state index contributed by atoms with van der Waals surface area (Å²) in [6.45, 7) is -2.52. The van der Waals surface area contributed by atoms with Gasteiger partial charge in [-0.15, -0.1) is 0 Å². The van der Waals surface area contributed by atoms with E-state index in [1.54, 1.807) is 0 Å². The van der Waals surface area contributed by atoms with Crippen LogP contribution in [0.1, 0.15) is 44.1 Å². The highest BCUT2D eigenvalue weighted by Crippen LogP contribution is 2.35. The van der Waals surface area contributed by atoms with Gasteiger partial charge < -0.3 is 19.1 Å². The number of hydrogen-bond donors (Lipinski definition) is 0. The van der Waals surface area contributed by atoms with Gasteiger partial charge in [-0.05, 0) is 55.4 Å². The number of likely N-dealkylation sites (tertiary alicyclic amines) is 1. The molecule has 1 saturated heterocycles. The first kappa shape index (κ1) is 22.1. The highest BCUT2D eigenvalue weighted by molar-refractivity contribution is 5.89. The molecule has 6 nitrogen and oxygen atoms in total. The number of fused-ring (bicyclic) bond motifs is 1. The van der Waals surface area contributed by atoms with Crippen molar-refractivity contribution in [1.29, 1.82) is 0 Å². The van der Waals surface area contributed by atoms with Crippen molar-refractivity contribution in [3.05, 3.63) is 29.8 Å². The number of benzene rings is 1. The van der Waals surface area contributed by atoms with Crippen LogP contribution in [0.5, 0.6) is 11.5 Å². The topological polar surface area (TPSA) is 65.1 Å². The van der Waals surface area contributed by atoms with Crippen LogP contribution in [-0.4, -0.2) is 49.7 Å². The molecule has 1 heterocycles. The molecule has 2 fully saturated rings. The van der Waals surface area contributed by atoms with Crippen LogP contribution in [0.15, 0.2) is 24.3 Å². The van der Waals surface area contributed by atoms with Crippen LogP contribution in [-0.2, 0) is 14.3 Å². The van der Waals surface area contributed by atoms with E-state index in [2.05, 4.69) is 4.74 Å². The third-order valence-corrected chi connectivity index (χ3v) is 5.72. The number of ether oxygens (including phenoxy) is 3. The van der Waals surface area contributed by atoms with Gasteiger partial charge in [-0.25, -0.2) is 4.79 Å². The molecule has 1 saturated carbocycles. The molecule has 1 aromatic carbocycles. The first-order valence-corrected chi connectivity index (χ1v) is 10.2. The van der Waals surface area contributed by atoms with E-state index < -0.39 is 12.6 Å². The molecule has 2 atom stereocenters. The molecular formula is C22H27F2NO5. The number of nitrogens with zero attached hydrogens (tertiary/aromatic N) is 1. The summed E-state index contributed by atoms with van der Waals surface area (Å²) in [7, 11) is 1.33. The first-order valence-electron chi connectivity index (χ1n) is 10.2. The lowest BCUT2D eigenvalue weighted by molar-refractivity contribution is -0.151. The summed E-state index contributed by atoms with van der Waals surface area (Å²) >= 11 is 0. The predicted octanol–water partition coefficient (Wildman–Crippen LogP) is 4.03. The van der Waals surface area contributed by atoms with E-state index in [0.717, 1.165) is 25.8 Å². The van der Waals surface area contributed by atoms with Crippen molar-refractivity contribution >= 4 is 18.0 Å². The molecule has 2 aliphatic rings. The second-order valence-electron chi connectivity index (χ2n) is 7.57. The van der Waals surface area contributed by atoms with Gasteiger partial charge >= 0.3 is 12.6 Å². The summed E-state index contributed by atoms with van der Waals surface area (Å²) < 4.78 is 39.3. The maximum atomic E-state index is 12.6. The van der Waals surface area contributed by atoms with Crippen molar-refractivity contribution in [2.24, 2.45) is 5.92 Å². The molecule has 3 rings (SSSR count). The number of piperidine rings is 1. The average Bonchev–Trinajstić information content (AvgIpc) is 2.75. The van der Waals surface area contributed by atoms with Gasteiger partial charge in [-0.3, -0.25) is 4.79 Å². The number of esters is 1. The van der Waals surface area contributed by atoms with Crippen LogP contribution in [0.25, 0.3) is 6.08 Å². The zero-order valence-electron chi connectivity index (χ0n) is 17.0. The van der Waals surface area contributed by atoms with Crippen LogP contribution >= 0.6 is 0 Å². The van der Waals surface area contributed by atoms with Crippen LogP contribution in [0.3, 0.4) is 0 Å². The van der Waals surface area contributed by atoms with Gasteiger partial charge in [0.2, 0.25) is 0 Å². The Bertz CT molecular complexity index is 781. The number of hydrogen-bond acceptors (Lipinski definition) is 5. The van der Waals surface area contributed by atoms with Crippen molar-refractivity contribution < 1.29 is 32.6 Å². The summed E-state index contributed by atoms with van der Waals surface area (Å²) in [6.07, 6.45) is 9.37. The Labute approximate surface area is 174 Å². The molecule has 8 heteroatoms. The van der Waals surface area contributed by atoms with E-state index >= 15 is 0 Å². The van der Waals surface area contributed by atoms with Crippen molar-refractivity contribution in [2.45, 2.75) is 51.2 Å². The molecule has 0 bridgehead atoms. The van der Waals surface area contributed by atoms with Gasteiger partial charge in [-0.2, -0.15) is 8.78 Å². The number of carbonyl (C=O) groups is 2. The quantitative estimate of drug-likeness (QED) is 0.489. The van der Waals surface area contributed by atoms with Crippen LogP contribution in [0, 0.1) is 5.92 Å². The fraction of sp³-hybridized carbons (Fsp3) is 0.545. The molecule has 30 heavy (non-hydrogen) atoms. The lowest BCUT2D eigenvalue weighted by atomic mass is 9.78. The van der Waals surface area contributed by atoms with E-state index in [0.29, 0.717) is 11.5 Å². The predicted molar refractivity (Wildman–Crippen MR) is 106 cm³/mol. The van der Waals surface area contributed by atoms with E-state index in [1.807, 2.05) is 4.90 Å². The molecule has 0 radical (unpaired) electrons. The second-order valence-corrected chi connectivity index (χ2v) is 7.57. The Morgan fingerprint density at radius 1 is 1.17 bits per heavy atom. The Morgan fingerprint density at radius 2 is 1.93 bits per heavy atom. The Kier molecular flexibility index (Phi) is 7.65. The summed E-state index contributed by atoms with van der Waals surface area (Å²) in [5.74, 6) is -0.205. The summed E-state index contributed by atoms with van der Waals surface area (Å²) in [4.78, 5) is 26.5. The van der Waals surface area contributed by atoms with Crippen LogP contribution in [0.2, 0.25) is 0 Å². The minimum atomic E-state index is -2.96. The monoisotopic (exact) mass is 423 g/mol. The molecule has 164 valence electrons. The molecule has 1 aliphatic heterocycles. The maximum Gasteiger partial charge on any atom is 0.387 e. The van der Waals surface area contributed by atoms with Crippen LogP contribution < -0.4 is 9.47 Å². The van der Waals surface area contributed by atoms with Crippen molar-refractivity contribution in [2.75, 3.05) is 20.3 Å². The molecule has 0 N–H and O–H groups in total. The SMILES string of the molecule is COc1cc(/C=C/C(=O)OCC(=O)N2CCC[C@H]3CCCC[C@H]32)ccc1OC(F)F. The highest BCUT2D eigenvalue weighted by atomic mass is 19.3. The third-order valence-electron chi connectivity index (χ3n) is 5.72. The molecule has 0 unspecified atom stereocenters. The lowest BCUT2D eigenvalue weighted by Crippen LogP contribution is -2.50. The van der Waals surface area contributed by atoms with Crippen molar-refractivity contribution in [3.8, 4) is 11.5 Å². The van der Waals surface area contributed by atoms with Crippen molar-refractivity contribution in [3.63, 3.8) is 0 Å². The van der Waals surface area contributed by atoms with Gasteiger partial charge in [0, 0.05) is 18.7 Å². The third kappa shape index (κ3) is 5.70. The van der Waals surface area contributed by atoms with Crippen LogP contribution in [0.4, 0.5) is 8.78 Å². The molecular weight excluding hydrogens is 396 g/mol. The maximum absolute atomic E-state index is 12.6. The van der Waals surface area contributed by atoms with Gasteiger partial charge in [0.15, 0.2) is 18.1 Å². The largest absolute Gasteiger partial charge is 0.493 e. The van der Waals surface area contributed by atoms with E-state index in [4.69, 9.17) is 9.47 Å². The number of rotatable bonds is 7. The number of methoxy groups -OCH3 is 1. The summed E-state index contributed by atoms with van der Waals surface area (Å²) in [6, 6.07) is 4.57. The van der Waals surface area contributed by atoms with Gasteiger partial charge in [0.05, 0.1) is 7.11 Å². The standard InChI is InChI=1S/C22H27F2NO5/c1-28-19-13-15(8-10-18(19)30-22(23)24)9-11-21(27)29-14-20(26)25-12-4-6-16-5-2-3-7-17(16)25/h8-11,13,16-17,22H,2-7,12,14H2,1H3/b11-9+/t16-,17-/m1/s1. The number of amides is 1.